The average Bonchev–Trinajstić information content (AvgIpc) is 2.42. The normalized spacial score (nSPS) is 21.1. The second kappa shape index (κ2) is 5.85. The number of benzene rings is 1. The number of sulfonamides is 1. The van der Waals surface area contributed by atoms with Gasteiger partial charge in [0.2, 0.25) is 10.0 Å². The van der Waals surface area contributed by atoms with E-state index in [4.69, 9.17) is 22.1 Å². The quantitative estimate of drug-likeness (QED) is 0.862. The first-order valence-electron chi connectivity index (χ1n) is 6.22. The van der Waals surface area contributed by atoms with Crippen LogP contribution in [-0.2, 0) is 14.8 Å². The lowest BCUT2D eigenvalue weighted by molar-refractivity contribution is -0.00277. The topological polar surface area (TPSA) is 72.6 Å². The molecule has 2 N–H and O–H groups in total. The molecular weight excluding hydrogens is 307 g/mol. The van der Waals surface area contributed by atoms with Gasteiger partial charge in [-0.2, -0.15) is 4.31 Å². The van der Waals surface area contributed by atoms with Gasteiger partial charge in [-0.1, -0.05) is 18.5 Å². The van der Waals surface area contributed by atoms with Crippen LogP contribution in [0.5, 0.6) is 0 Å². The number of nitrogens with zero attached hydrogens (tertiary/aromatic N) is 1. The lowest BCUT2D eigenvalue weighted by Gasteiger charge is -2.31. The van der Waals surface area contributed by atoms with Crippen molar-refractivity contribution in [3.8, 4) is 0 Å². The molecule has 0 radical (unpaired) electrons. The largest absolute Gasteiger partial charge is 0.396 e. The number of halogens is 2. The van der Waals surface area contributed by atoms with E-state index < -0.39 is 15.8 Å². The standard InChI is InChI=1S/C12H16ClFN2O3S/c1-2-8-7-16(3-4-19-8)20(17,18)12-6-11(15)10(14)5-9(12)13/h5-6,8H,2-4,7,15H2,1H3. The van der Waals surface area contributed by atoms with E-state index in [1.54, 1.807) is 0 Å². The molecule has 0 amide bonds. The smallest absolute Gasteiger partial charge is 0.244 e. The fourth-order valence-corrected chi connectivity index (χ4v) is 4.02. The van der Waals surface area contributed by atoms with Gasteiger partial charge in [0.15, 0.2) is 0 Å². The van der Waals surface area contributed by atoms with E-state index in [1.807, 2.05) is 6.92 Å². The summed E-state index contributed by atoms with van der Waals surface area (Å²) < 4.78 is 45.1. The van der Waals surface area contributed by atoms with Crippen molar-refractivity contribution in [2.75, 3.05) is 25.4 Å². The lowest BCUT2D eigenvalue weighted by atomic mass is 10.2. The average molecular weight is 323 g/mol. The highest BCUT2D eigenvalue weighted by atomic mass is 35.5. The third-order valence-electron chi connectivity index (χ3n) is 3.23. The van der Waals surface area contributed by atoms with E-state index in [0.29, 0.717) is 13.0 Å². The zero-order chi connectivity index (χ0) is 14.9. The van der Waals surface area contributed by atoms with Gasteiger partial charge in [0.05, 0.1) is 23.4 Å². The maximum Gasteiger partial charge on any atom is 0.244 e. The Morgan fingerprint density at radius 2 is 2.25 bits per heavy atom. The fourth-order valence-electron chi connectivity index (χ4n) is 2.04. The summed E-state index contributed by atoms with van der Waals surface area (Å²) in [6.07, 6.45) is 0.570. The second-order valence-corrected chi connectivity index (χ2v) is 6.88. The summed E-state index contributed by atoms with van der Waals surface area (Å²) in [6.45, 7) is 2.74. The highest BCUT2D eigenvalue weighted by Gasteiger charge is 2.32. The van der Waals surface area contributed by atoms with Crippen LogP contribution in [-0.4, -0.2) is 38.5 Å². The minimum atomic E-state index is -3.80. The molecule has 1 unspecified atom stereocenters. The van der Waals surface area contributed by atoms with Gasteiger partial charge in [0.1, 0.15) is 10.7 Å². The molecule has 1 aliphatic heterocycles. The summed E-state index contributed by atoms with van der Waals surface area (Å²) >= 11 is 5.84. The van der Waals surface area contributed by atoms with Crippen molar-refractivity contribution < 1.29 is 17.5 Å². The molecule has 0 aliphatic carbocycles. The number of nitrogens with two attached hydrogens (primary N) is 1. The summed E-state index contributed by atoms with van der Waals surface area (Å²) in [7, 11) is -3.80. The zero-order valence-electron chi connectivity index (χ0n) is 11.0. The monoisotopic (exact) mass is 322 g/mol. The Bertz CT molecular complexity index is 609. The molecule has 1 saturated heterocycles. The summed E-state index contributed by atoms with van der Waals surface area (Å²) in [6, 6.07) is 1.98. The molecule has 1 aliphatic rings. The first-order valence-corrected chi connectivity index (χ1v) is 8.04. The van der Waals surface area contributed by atoms with Crippen molar-refractivity contribution in [2.24, 2.45) is 0 Å². The Morgan fingerprint density at radius 1 is 1.55 bits per heavy atom. The van der Waals surface area contributed by atoms with E-state index in [0.717, 1.165) is 12.1 Å². The van der Waals surface area contributed by atoms with Crippen molar-refractivity contribution in [1.82, 2.24) is 4.31 Å². The van der Waals surface area contributed by atoms with Crippen LogP contribution in [0, 0.1) is 5.82 Å². The Hall–Kier alpha value is -0.890. The van der Waals surface area contributed by atoms with E-state index in [1.165, 1.54) is 4.31 Å². The molecule has 1 heterocycles. The van der Waals surface area contributed by atoms with Gasteiger partial charge >= 0.3 is 0 Å². The molecule has 112 valence electrons. The van der Waals surface area contributed by atoms with Crippen LogP contribution in [0.2, 0.25) is 5.02 Å². The third-order valence-corrected chi connectivity index (χ3v) is 5.56. The van der Waals surface area contributed by atoms with Crippen molar-refractivity contribution in [3.05, 3.63) is 23.0 Å². The first-order chi connectivity index (χ1) is 9.36. The summed E-state index contributed by atoms with van der Waals surface area (Å²) in [5.41, 5.74) is 5.19. The molecule has 1 aromatic rings. The summed E-state index contributed by atoms with van der Waals surface area (Å²) in [5, 5.41) is -0.170. The summed E-state index contributed by atoms with van der Waals surface area (Å²) in [5.74, 6) is -0.734. The second-order valence-electron chi connectivity index (χ2n) is 4.57. The fraction of sp³-hybridized carbons (Fsp3) is 0.500. The molecule has 1 aromatic carbocycles. The predicted molar refractivity (Wildman–Crippen MR) is 74.6 cm³/mol. The molecule has 1 atom stereocenters. The van der Waals surface area contributed by atoms with Crippen LogP contribution in [0.3, 0.4) is 0 Å². The van der Waals surface area contributed by atoms with Crippen LogP contribution < -0.4 is 5.73 Å². The minimum Gasteiger partial charge on any atom is -0.396 e. The molecule has 1 fully saturated rings. The highest BCUT2D eigenvalue weighted by Crippen LogP contribution is 2.29. The van der Waals surface area contributed by atoms with Crippen molar-refractivity contribution in [2.45, 2.75) is 24.3 Å². The summed E-state index contributed by atoms with van der Waals surface area (Å²) in [4.78, 5) is -0.171. The minimum absolute atomic E-state index is 0.143. The number of hydrogen-bond acceptors (Lipinski definition) is 4. The van der Waals surface area contributed by atoms with Gasteiger partial charge in [0.25, 0.3) is 0 Å². The van der Waals surface area contributed by atoms with Gasteiger partial charge in [-0.3, -0.25) is 0 Å². The molecular formula is C12H16ClFN2O3S. The van der Waals surface area contributed by atoms with Crippen LogP contribution in [0.15, 0.2) is 17.0 Å². The van der Waals surface area contributed by atoms with Crippen LogP contribution >= 0.6 is 11.6 Å². The SMILES string of the molecule is CCC1CN(S(=O)(=O)c2cc(N)c(F)cc2Cl)CCO1. The van der Waals surface area contributed by atoms with Gasteiger partial charge in [-0.25, -0.2) is 12.8 Å². The Morgan fingerprint density at radius 3 is 2.90 bits per heavy atom. The van der Waals surface area contributed by atoms with Crippen molar-refractivity contribution in [3.63, 3.8) is 0 Å². The molecule has 5 nitrogen and oxygen atoms in total. The van der Waals surface area contributed by atoms with Crippen molar-refractivity contribution >= 4 is 27.3 Å². The number of morpholine rings is 1. The van der Waals surface area contributed by atoms with Gasteiger partial charge in [0, 0.05) is 13.1 Å². The lowest BCUT2D eigenvalue weighted by Crippen LogP contribution is -2.45. The van der Waals surface area contributed by atoms with Gasteiger partial charge in [-0.15, -0.1) is 0 Å². The van der Waals surface area contributed by atoms with Crippen LogP contribution in [0.1, 0.15) is 13.3 Å². The van der Waals surface area contributed by atoms with E-state index in [9.17, 15) is 12.8 Å². The maximum absolute atomic E-state index is 13.3. The molecule has 0 saturated carbocycles. The Kier molecular flexibility index (Phi) is 4.53. The molecule has 0 spiro atoms. The van der Waals surface area contributed by atoms with Gasteiger partial charge in [-0.05, 0) is 18.6 Å². The number of ether oxygens (including phenoxy) is 1. The Labute approximate surface area is 122 Å². The first kappa shape index (κ1) is 15.5. The van der Waals surface area contributed by atoms with Crippen LogP contribution in [0.4, 0.5) is 10.1 Å². The number of rotatable bonds is 3. The Balaban J connectivity index is 2.37. The molecule has 0 bridgehead atoms. The van der Waals surface area contributed by atoms with Gasteiger partial charge < -0.3 is 10.5 Å². The number of nitrogen functional groups attached to an aromatic ring is 1. The molecule has 20 heavy (non-hydrogen) atoms. The highest BCUT2D eigenvalue weighted by molar-refractivity contribution is 7.89. The van der Waals surface area contributed by atoms with E-state index >= 15 is 0 Å². The third kappa shape index (κ3) is 2.90. The van der Waals surface area contributed by atoms with Crippen LogP contribution in [0.25, 0.3) is 0 Å². The number of hydrogen-bond donors (Lipinski definition) is 1. The molecule has 8 heteroatoms. The molecule has 0 aromatic heterocycles. The van der Waals surface area contributed by atoms with E-state index in [2.05, 4.69) is 0 Å². The predicted octanol–water partition coefficient (Wildman–Crippen LogP) is 1.86. The zero-order valence-corrected chi connectivity index (χ0v) is 12.5. The maximum atomic E-state index is 13.3. The molecule has 2 rings (SSSR count). The van der Waals surface area contributed by atoms with E-state index in [-0.39, 0.29) is 34.8 Å². The van der Waals surface area contributed by atoms with Crippen molar-refractivity contribution in [1.29, 1.82) is 0 Å². The number of anilines is 1.